The smallest absolute Gasteiger partial charge is 0.258 e. The summed E-state index contributed by atoms with van der Waals surface area (Å²) < 4.78 is 12.0. The van der Waals surface area contributed by atoms with Crippen LogP contribution in [-0.2, 0) is 14.0 Å². The van der Waals surface area contributed by atoms with Crippen LogP contribution in [0.3, 0.4) is 0 Å². The molecule has 8 heteroatoms. The lowest BCUT2D eigenvalue weighted by molar-refractivity contribution is -0.143. The highest BCUT2D eigenvalue weighted by atomic mass is 32.1. The third-order valence-electron chi connectivity index (χ3n) is 4.47. The highest BCUT2D eigenvalue weighted by Crippen LogP contribution is 2.41. The van der Waals surface area contributed by atoms with Crippen LogP contribution in [0.25, 0.3) is 0 Å². The first kappa shape index (κ1) is 20.0. The molecule has 0 N–H and O–H groups in total. The summed E-state index contributed by atoms with van der Waals surface area (Å²) >= 11 is 1.55. The Labute approximate surface area is 165 Å². The Balaban J connectivity index is 1.96. The fraction of sp³-hybridized carbons (Fsp3) is 0.474. The van der Waals surface area contributed by atoms with E-state index in [1.54, 1.807) is 29.5 Å². The van der Waals surface area contributed by atoms with Crippen molar-refractivity contribution in [3.05, 3.63) is 40.8 Å². The molecule has 1 amide bonds. The van der Waals surface area contributed by atoms with Crippen LogP contribution in [0.5, 0.6) is 0 Å². The molecule has 3 rings (SSSR count). The number of carbonyl (C=O) groups excluding carboxylic acids is 1. The van der Waals surface area contributed by atoms with Crippen LogP contribution in [0.15, 0.2) is 35.8 Å². The Morgan fingerprint density at radius 3 is 2.37 bits per heavy atom. The number of anilines is 2. The maximum absolute atomic E-state index is 12.8. The van der Waals surface area contributed by atoms with Crippen molar-refractivity contribution in [2.24, 2.45) is 0 Å². The topological polar surface area (TPSA) is 54.9 Å². The van der Waals surface area contributed by atoms with E-state index in [1.165, 1.54) is 0 Å². The van der Waals surface area contributed by atoms with E-state index in [1.807, 2.05) is 48.6 Å². The summed E-state index contributed by atoms with van der Waals surface area (Å²) in [6.07, 6.45) is 0.954. The normalized spacial score (nSPS) is 21.1. The van der Waals surface area contributed by atoms with Crippen molar-refractivity contribution in [2.75, 3.05) is 31.0 Å². The molecule has 0 unspecified atom stereocenters. The van der Waals surface area contributed by atoms with Gasteiger partial charge in [0.15, 0.2) is 14.4 Å². The predicted octanol–water partition coefficient (Wildman–Crippen LogP) is 3.53. The molecule has 146 valence electrons. The summed E-state index contributed by atoms with van der Waals surface area (Å²) in [6.45, 7) is 6.43. The molecule has 1 aromatic heterocycles. The quantitative estimate of drug-likeness (QED) is 0.521. The van der Waals surface area contributed by atoms with Crippen LogP contribution >= 0.6 is 11.3 Å². The molecule has 2 heterocycles. The van der Waals surface area contributed by atoms with Crippen molar-refractivity contribution in [3.63, 3.8) is 0 Å². The number of hydrogen-bond acceptors (Lipinski definition) is 6. The molecule has 0 bridgehead atoms. The average molecular weight is 406 g/mol. The maximum Gasteiger partial charge on any atom is 0.258 e. The number of benzene rings is 1. The van der Waals surface area contributed by atoms with Crippen LogP contribution in [-0.4, -0.2) is 52.6 Å². The van der Waals surface area contributed by atoms with E-state index in [0.29, 0.717) is 0 Å². The van der Waals surface area contributed by atoms with Gasteiger partial charge in [0.25, 0.3) is 5.91 Å². The molecule has 0 aliphatic carbocycles. The number of ether oxygens (including phenoxy) is 1. The van der Waals surface area contributed by atoms with Gasteiger partial charge in [-0.3, -0.25) is 4.79 Å². The molecule has 0 spiro atoms. The number of rotatable bonds is 7. The first-order valence-corrected chi connectivity index (χ1v) is 13.2. The molecule has 3 atom stereocenters. The van der Waals surface area contributed by atoms with Gasteiger partial charge in [-0.15, -0.1) is 11.3 Å². The van der Waals surface area contributed by atoms with E-state index in [4.69, 9.17) is 9.16 Å². The first-order valence-electron chi connectivity index (χ1n) is 8.93. The summed E-state index contributed by atoms with van der Waals surface area (Å²) in [5.74, 6) is -0.0409. The highest BCUT2D eigenvalue weighted by molar-refractivity contribution is 7.09. The number of β-lactam (4-membered cyclic amide) rings is 1. The molecule has 2 aromatic rings. The van der Waals surface area contributed by atoms with Crippen LogP contribution < -0.4 is 9.80 Å². The third kappa shape index (κ3) is 4.08. The van der Waals surface area contributed by atoms with Crippen molar-refractivity contribution >= 4 is 36.9 Å². The van der Waals surface area contributed by atoms with Gasteiger partial charge in [0.1, 0.15) is 17.2 Å². The number of amides is 1. The molecule has 0 radical (unpaired) electrons. The predicted molar refractivity (Wildman–Crippen MR) is 112 cm³/mol. The van der Waals surface area contributed by atoms with E-state index in [0.717, 1.165) is 16.4 Å². The fourth-order valence-corrected chi connectivity index (χ4v) is 5.05. The van der Waals surface area contributed by atoms with Gasteiger partial charge in [0.05, 0.1) is 0 Å². The molecular weight excluding hydrogens is 378 g/mol. The lowest BCUT2D eigenvalue weighted by atomic mass is 9.91. The number of methoxy groups -OCH3 is 1. The minimum absolute atomic E-state index is 0.0409. The number of nitrogens with zero attached hydrogens (tertiary/aromatic N) is 3. The van der Waals surface area contributed by atoms with Crippen molar-refractivity contribution in [3.8, 4) is 0 Å². The highest BCUT2D eigenvalue weighted by Gasteiger charge is 2.54. The first-order chi connectivity index (χ1) is 12.7. The zero-order valence-electron chi connectivity index (χ0n) is 16.7. The zero-order valence-corrected chi connectivity index (χ0v) is 18.5. The average Bonchev–Trinajstić information content (AvgIpc) is 3.12. The van der Waals surface area contributed by atoms with E-state index in [-0.39, 0.29) is 18.1 Å². The Kier molecular flexibility index (Phi) is 5.71. The minimum Gasteiger partial charge on any atom is -0.406 e. The largest absolute Gasteiger partial charge is 0.406 e. The second-order valence-electron chi connectivity index (χ2n) is 7.79. The summed E-state index contributed by atoms with van der Waals surface area (Å²) in [4.78, 5) is 21.1. The summed E-state index contributed by atoms with van der Waals surface area (Å²) in [5, 5.41) is 2.82. The fourth-order valence-electron chi connectivity index (χ4n) is 3.25. The van der Waals surface area contributed by atoms with Gasteiger partial charge in [-0.25, -0.2) is 4.98 Å². The molecule has 6 nitrogen and oxygen atoms in total. The van der Waals surface area contributed by atoms with Crippen LogP contribution in [0.1, 0.15) is 11.1 Å². The number of hydrogen-bond donors (Lipinski definition) is 0. The second kappa shape index (κ2) is 7.71. The van der Waals surface area contributed by atoms with E-state index in [2.05, 4.69) is 24.6 Å². The van der Waals surface area contributed by atoms with Crippen molar-refractivity contribution in [1.29, 1.82) is 0 Å². The summed E-state index contributed by atoms with van der Waals surface area (Å²) in [6, 6.07) is 7.74. The van der Waals surface area contributed by atoms with Gasteiger partial charge >= 0.3 is 0 Å². The maximum atomic E-state index is 12.8. The number of thiazole rings is 1. The molecule has 27 heavy (non-hydrogen) atoms. The number of carbonyl (C=O) groups is 1. The van der Waals surface area contributed by atoms with E-state index < -0.39 is 14.4 Å². The lowest BCUT2D eigenvalue weighted by Crippen LogP contribution is -2.68. The Morgan fingerprint density at radius 1 is 1.22 bits per heavy atom. The molecule has 1 saturated heterocycles. The molecular formula is C19H27N3O3SSi. The Morgan fingerprint density at radius 2 is 1.89 bits per heavy atom. The SMILES string of the molecule is CO[C@H]1C(=O)N(c2ccc(N(C)C)cc2)[C@H]1[C@H](O[Si](C)(C)C)c1nccs1. The summed E-state index contributed by atoms with van der Waals surface area (Å²) in [5.41, 5.74) is 1.94. The van der Waals surface area contributed by atoms with Gasteiger partial charge in [-0.05, 0) is 43.9 Å². The van der Waals surface area contributed by atoms with E-state index >= 15 is 0 Å². The Hall–Kier alpha value is -1.74. The molecule has 1 aliphatic heterocycles. The second-order valence-corrected chi connectivity index (χ2v) is 13.2. The number of aromatic nitrogens is 1. The molecule has 0 saturated carbocycles. The van der Waals surface area contributed by atoms with Crippen molar-refractivity contribution < 1.29 is 14.0 Å². The van der Waals surface area contributed by atoms with Gasteiger partial charge < -0.3 is 19.0 Å². The monoisotopic (exact) mass is 405 g/mol. The van der Waals surface area contributed by atoms with Crippen molar-refractivity contribution in [1.82, 2.24) is 4.98 Å². The van der Waals surface area contributed by atoms with Crippen LogP contribution in [0, 0.1) is 0 Å². The molecule has 1 aromatic carbocycles. The summed E-state index contributed by atoms with van der Waals surface area (Å²) in [7, 11) is 3.69. The van der Waals surface area contributed by atoms with Crippen LogP contribution in [0.4, 0.5) is 11.4 Å². The minimum atomic E-state index is -1.87. The molecule has 1 fully saturated rings. The Bertz CT molecular complexity index is 774. The van der Waals surface area contributed by atoms with Gasteiger partial charge in [-0.1, -0.05) is 0 Å². The van der Waals surface area contributed by atoms with Crippen molar-refractivity contribution in [2.45, 2.75) is 37.9 Å². The third-order valence-corrected chi connectivity index (χ3v) is 6.27. The van der Waals surface area contributed by atoms with Gasteiger partial charge in [0.2, 0.25) is 0 Å². The van der Waals surface area contributed by atoms with Gasteiger partial charge in [0, 0.05) is 44.2 Å². The van der Waals surface area contributed by atoms with Crippen LogP contribution in [0.2, 0.25) is 19.6 Å². The van der Waals surface area contributed by atoms with E-state index in [9.17, 15) is 4.79 Å². The zero-order chi connectivity index (χ0) is 19.8. The van der Waals surface area contributed by atoms with Gasteiger partial charge in [-0.2, -0.15) is 0 Å². The lowest BCUT2D eigenvalue weighted by Gasteiger charge is -2.49. The molecule has 1 aliphatic rings. The standard InChI is InChI=1S/C19H27N3O3SSi/c1-21(2)13-7-9-14(10-8-13)22-15(17(24-3)19(22)23)16(25-27(4,5)6)18-20-11-12-26-18/h7-12,15-17H,1-6H3/t15-,16-,17+/m0/s1.